The van der Waals surface area contributed by atoms with Crippen LogP contribution < -0.4 is 10.1 Å². The quantitative estimate of drug-likeness (QED) is 0.619. The standard InChI is InChI=1S/C17H18N2O4/c18-10-13(17(22)19-14-6-2-3-7-14)9-12-5-1-4-8-15(12)23-11-16(20)21/h1,4-5,8-9,14H,2-3,6-7,11H2,(H,19,22)(H,20,21). The summed E-state index contributed by atoms with van der Waals surface area (Å²) >= 11 is 0. The van der Waals surface area contributed by atoms with Crippen LogP contribution in [0.25, 0.3) is 6.08 Å². The molecule has 0 atom stereocenters. The number of amides is 1. The zero-order valence-corrected chi connectivity index (χ0v) is 12.6. The second-order valence-electron chi connectivity index (χ2n) is 5.34. The molecule has 6 nitrogen and oxygen atoms in total. The minimum Gasteiger partial charge on any atom is -0.481 e. The van der Waals surface area contributed by atoms with Gasteiger partial charge in [0, 0.05) is 11.6 Å². The molecule has 0 aromatic heterocycles. The number of carboxylic acids is 1. The topological polar surface area (TPSA) is 99.4 Å². The third-order valence-corrected chi connectivity index (χ3v) is 3.63. The largest absolute Gasteiger partial charge is 0.481 e. The van der Waals surface area contributed by atoms with Gasteiger partial charge in [-0.25, -0.2) is 4.79 Å². The van der Waals surface area contributed by atoms with E-state index in [-0.39, 0.29) is 11.6 Å². The van der Waals surface area contributed by atoms with E-state index in [4.69, 9.17) is 9.84 Å². The molecule has 6 heteroatoms. The number of carbonyl (C=O) groups excluding carboxylic acids is 1. The van der Waals surface area contributed by atoms with E-state index in [1.807, 2.05) is 6.07 Å². The number of hydrogen-bond acceptors (Lipinski definition) is 4. The van der Waals surface area contributed by atoms with Gasteiger partial charge in [0.2, 0.25) is 0 Å². The summed E-state index contributed by atoms with van der Waals surface area (Å²) in [6.45, 7) is -0.485. The Balaban J connectivity index is 2.15. The number of rotatable bonds is 6. The van der Waals surface area contributed by atoms with Crippen molar-refractivity contribution in [3.05, 3.63) is 35.4 Å². The van der Waals surface area contributed by atoms with E-state index in [9.17, 15) is 14.9 Å². The Morgan fingerprint density at radius 1 is 1.35 bits per heavy atom. The number of para-hydroxylation sites is 1. The minimum atomic E-state index is -1.09. The second kappa shape index (κ2) is 7.99. The first kappa shape index (κ1) is 16.6. The molecule has 0 aliphatic heterocycles. The van der Waals surface area contributed by atoms with Gasteiger partial charge < -0.3 is 15.2 Å². The van der Waals surface area contributed by atoms with Crippen molar-refractivity contribution < 1.29 is 19.4 Å². The molecular formula is C17H18N2O4. The smallest absolute Gasteiger partial charge is 0.341 e. The molecule has 1 aliphatic carbocycles. The van der Waals surface area contributed by atoms with Crippen molar-refractivity contribution in [1.82, 2.24) is 5.32 Å². The summed E-state index contributed by atoms with van der Waals surface area (Å²) in [5, 5.41) is 20.8. The van der Waals surface area contributed by atoms with Crippen molar-refractivity contribution in [3.8, 4) is 11.8 Å². The van der Waals surface area contributed by atoms with Crippen molar-refractivity contribution in [2.24, 2.45) is 0 Å². The summed E-state index contributed by atoms with van der Waals surface area (Å²) in [7, 11) is 0. The Morgan fingerprint density at radius 3 is 2.70 bits per heavy atom. The minimum absolute atomic E-state index is 0.0247. The molecule has 0 saturated heterocycles. The highest BCUT2D eigenvalue weighted by atomic mass is 16.5. The Kier molecular flexibility index (Phi) is 5.75. The number of benzene rings is 1. The second-order valence-corrected chi connectivity index (χ2v) is 5.34. The Bertz CT molecular complexity index is 655. The fraction of sp³-hybridized carbons (Fsp3) is 0.353. The van der Waals surface area contributed by atoms with Crippen molar-refractivity contribution in [2.75, 3.05) is 6.61 Å². The maximum absolute atomic E-state index is 12.2. The van der Waals surface area contributed by atoms with E-state index in [1.165, 1.54) is 6.08 Å². The average Bonchev–Trinajstić information content (AvgIpc) is 3.04. The number of aliphatic carboxylic acids is 1. The van der Waals surface area contributed by atoms with Gasteiger partial charge in [0.25, 0.3) is 5.91 Å². The number of carboxylic acid groups (broad SMARTS) is 1. The molecule has 0 spiro atoms. The lowest BCUT2D eigenvalue weighted by molar-refractivity contribution is -0.139. The van der Waals surface area contributed by atoms with Crippen molar-refractivity contribution in [3.63, 3.8) is 0 Å². The van der Waals surface area contributed by atoms with E-state index in [0.717, 1.165) is 25.7 Å². The molecule has 1 saturated carbocycles. The van der Waals surface area contributed by atoms with E-state index >= 15 is 0 Å². The third kappa shape index (κ3) is 4.85. The van der Waals surface area contributed by atoms with Crippen LogP contribution in [-0.4, -0.2) is 29.6 Å². The van der Waals surface area contributed by atoms with Gasteiger partial charge in [-0.3, -0.25) is 4.79 Å². The zero-order chi connectivity index (χ0) is 16.7. The zero-order valence-electron chi connectivity index (χ0n) is 12.6. The molecule has 1 aromatic carbocycles. The molecule has 120 valence electrons. The molecule has 0 unspecified atom stereocenters. The van der Waals surface area contributed by atoms with Crippen LogP contribution in [0.3, 0.4) is 0 Å². The van der Waals surface area contributed by atoms with Crippen LogP contribution in [0.5, 0.6) is 5.75 Å². The van der Waals surface area contributed by atoms with Crippen LogP contribution in [0.4, 0.5) is 0 Å². The van der Waals surface area contributed by atoms with Gasteiger partial charge in [0.15, 0.2) is 6.61 Å². The molecule has 0 bridgehead atoms. The van der Waals surface area contributed by atoms with Gasteiger partial charge in [-0.2, -0.15) is 5.26 Å². The Hall–Kier alpha value is -2.81. The lowest BCUT2D eigenvalue weighted by Crippen LogP contribution is -2.33. The number of hydrogen-bond donors (Lipinski definition) is 2. The average molecular weight is 314 g/mol. The summed E-state index contributed by atoms with van der Waals surface area (Å²) in [5.74, 6) is -1.19. The number of ether oxygens (including phenoxy) is 1. The summed E-state index contributed by atoms with van der Waals surface area (Å²) in [5.41, 5.74) is 0.468. The first-order valence-corrected chi connectivity index (χ1v) is 7.46. The molecule has 0 radical (unpaired) electrons. The lowest BCUT2D eigenvalue weighted by Gasteiger charge is -2.11. The molecule has 23 heavy (non-hydrogen) atoms. The summed E-state index contributed by atoms with van der Waals surface area (Å²) in [6.07, 6.45) is 5.46. The Morgan fingerprint density at radius 2 is 2.04 bits per heavy atom. The lowest BCUT2D eigenvalue weighted by atomic mass is 10.1. The Labute approximate surface area is 134 Å². The molecule has 2 rings (SSSR count). The fourth-order valence-electron chi connectivity index (χ4n) is 2.51. The van der Waals surface area contributed by atoms with E-state index in [2.05, 4.69) is 5.32 Å². The van der Waals surface area contributed by atoms with Gasteiger partial charge >= 0.3 is 5.97 Å². The van der Waals surface area contributed by atoms with E-state index in [0.29, 0.717) is 11.3 Å². The van der Waals surface area contributed by atoms with Crippen molar-refractivity contribution in [1.29, 1.82) is 5.26 Å². The maximum atomic E-state index is 12.2. The summed E-state index contributed by atoms with van der Waals surface area (Å²) in [4.78, 5) is 22.8. The third-order valence-electron chi connectivity index (χ3n) is 3.63. The predicted octanol–water partition coefficient (Wildman–Crippen LogP) is 2.12. The number of carbonyl (C=O) groups is 2. The monoisotopic (exact) mass is 314 g/mol. The summed E-state index contributed by atoms with van der Waals surface area (Å²) < 4.78 is 5.17. The van der Waals surface area contributed by atoms with Crippen LogP contribution in [0.15, 0.2) is 29.8 Å². The number of nitriles is 1. The molecule has 1 aliphatic rings. The molecule has 1 amide bonds. The van der Waals surface area contributed by atoms with E-state index < -0.39 is 18.5 Å². The fourth-order valence-corrected chi connectivity index (χ4v) is 2.51. The predicted molar refractivity (Wildman–Crippen MR) is 83.6 cm³/mol. The highest BCUT2D eigenvalue weighted by molar-refractivity contribution is 6.02. The number of nitrogens with one attached hydrogen (secondary N) is 1. The van der Waals surface area contributed by atoms with Crippen LogP contribution in [-0.2, 0) is 9.59 Å². The SMILES string of the molecule is N#CC(=Cc1ccccc1OCC(=O)O)C(=O)NC1CCCC1. The summed E-state index contributed by atoms with van der Waals surface area (Å²) in [6, 6.07) is 8.70. The molecule has 1 fully saturated rings. The number of nitrogens with zero attached hydrogens (tertiary/aromatic N) is 1. The first-order valence-electron chi connectivity index (χ1n) is 7.46. The van der Waals surface area contributed by atoms with Crippen LogP contribution in [0, 0.1) is 11.3 Å². The van der Waals surface area contributed by atoms with Gasteiger partial charge in [0.05, 0.1) is 0 Å². The van der Waals surface area contributed by atoms with E-state index in [1.54, 1.807) is 24.3 Å². The van der Waals surface area contributed by atoms with Gasteiger partial charge in [-0.1, -0.05) is 31.0 Å². The van der Waals surface area contributed by atoms with Crippen molar-refractivity contribution in [2.45, 2.75) is 31.7 Å². The van der Waals surface area contributed by atoms with Crippen molar-refractivity contribution >= 4 is 18.0 Å². The van der Waals surface area contributed by atoms with Crippen LogP contribution in [0.1, 0.15) is 31.2 Å². The molecule has 2 N–H and O–H groups in total. The maximum Gasteiger partial charge on any atom is 0.341 e. The van der Waals surface area contributed by atoms with Gasteiger partial charge in [-0.15, -0.1) is 0 Å². The molecular weight excluding hydrogens is 296 g/mol. The highest BCUT2D eigenvalue weighted by Crippen LogP contribution is 2.22. The highest BCUT2D eigenvalue weighted by Gasteiger charge is 2.19. The normalized spacial score (nSPS) is 15.0. The molecule has 0 heterocycles. The molecule has 1 aromatic rings. The van der Waals surface area contributed by atoms with Gasteiger partial charge in [0.1, 0.15) is 17.4 Å². The first-order chi connectivity index (χ1) is 11.1. The van der Waals surface area contributed by atoms with Crippen LogP contribution >= 0.6 is 0 Å². The van der Waals surface area contributed by atoms with Gasteiger partial charge in [-0.05, 0) is 25.0 Å². The van der Waals surface area contributed by atoms with Crippen LogP contribution in [0.2, 0.25) is 0 Å².